The number of unbranched alkanes of at least 4 members (excludes halogenated alkanes) is 24. The maximum Gasteiger partial charge on any atom is 0.306 e. The maximum absolute atomic E-state index is 12.6. The molecule has 0 fully saturated rings. The highest BCUT2D eigenvalue weighted by molar-refractivity contribution is 5.69. The quantitative estimate of drug-likeness (QED) is 0.0517. The summed E-state index contributed by atoms with van der Waals surface area (Å²) in [5, 5.41) is 10.4. The largest absolute Gasteiger partial charge is 0.466 e. The van der Waals surface area contributed by atoms with Gasteiger partial charge in [-0.05, 0) is 57.8 Å². The molecule has 0 aromatic rings. The van der Waals surface area contributed by atoms with Gasteiger partial charge in [-0.3, -0.25) is 9.59 Å². The van der Waals surface area contributed by atoms with E-state index in [2.05, 4.69) is 20.8 Å². The Morgan fingerprint density at radius 3 is 1.19 bits per heavy atom. The number of hydrogen-bond donors (Lipinski definition) is 1. The van der Waals surface area contributed by atoms with Crippen LogP contribution >= 0.6 is 0 Å². The Kier molecular flexibility index (Phi) is 37.8. The van der Waals surface area contributed by atoms with Gasteiger partial charge in [0.15, 0.2) is 0 Å². The van der Waals surface area contributed by atoms with Gasteiger partial charge in [-0.2, -0.15) is 0 Å². The molecule has 0 aliphatic heterocycles. The normalized spacial score (nSPS) is 12.1. The number of ether oxygens (including phenoxy) is 2. The minimum Gasteiger partial charge on any atom is -0.466 e. The molecule has 5 nitrogen and oxygen atoms in total. The van der Waals surface area contributed by atoms with Crippen LogP contribution in [-0.2, 0) is 19.1 Å². The first-order valence-corrected chi connectivity index (χ1v) is 21.6. The second-order valence-corrected chi connectivity index (χ2v) is 14.8. The van der Waals surface area contributed by atoms with Gasteiger partial charge in [-0.1, -0.05) is 175 Å². The van der Waals surface area contributed by atoms with Crippen molar-refractivity contribution in [3.05, 3.63) is 0 Å². The Hall–Kier alpha value is -1.10. The van der Waals surface area contributed by atoms with E-state index in [1.54, 1.807) is 0 Å². The molecule has 0 bridgehead atoms. The molecule has 48 heavy (non-hydrogen) atoms. The first-order chi connectivity index (χ1) is 23.5. The first kappa shape index (κ1) is 46.9. The molecule has 0 aliphatic rings. The van der Waals surface area contributed by atoms with E-state index in [1.165, 1.54) is 116 Å². The average Bonchev–Trinajstić information content (AvgIpc) is 3.07. The van der Waals surface area contributed by atoms with Gasteiger partial charge in [-0.25, -0.2) is 0 Å². The molecule has 0 amide bonds. The Bertz CT molecular complexity index is 650. The second-order valence-electron chi connectivity index (χ2n) is 14.8. The number of rotatable bonds is 39. The van der Waals surface area contributed by atoms with E-state index in [0.717, 1.165) is 96.3 Å². The summed E-state index contributed by atoms with van der Waals surface area (Å²) < 4.78 is 11.4. The molecular formula is C43H84O5. The topological polar surface area (TPSA) is 72.8 Å². The van der Waals surface area contributed by atoms with E-state index in [1.807, 2.05) is 0 Å². The van der Waals surface area contributed by atoms with Gasteiger partial charge in [0.2, 0.25) is 0 Å². The fourth-order valence-corrected chi connectivity index (χ4v) is 6.63. The molecular weight excluding hydrogens is 596 g/mol. The van der Waals surface area contributed by atoms with Crippen molar-refractivity contribution in [2.45, 2.75) is 258 Å². The summed E-state index contributed by atoms with van der Waals surface area (Å²) in [5.41, 5.74) is 0. The predicted octanol–water partition coefficient (Wildman–Crippen LogP) is 13.5. The highest BCUT2D eigenvalue weighted by atomic mass is 16.5. The minimum atomic E-state index is -0.197. The molecule has 0 rings (SSSR count). The third-order valence-electron chi connectivity index (χ3n) is 9.90. The summed E-state index contributed by atoms with van der Waals surface area (Å²) in [4.78, 5) is 24.5. The molecule has 0 saturated heterocycles. The van der Waals surface area contributed by atoms with Gasteiger partial charge in [0.25, 0.3) is 0 Å². The van der Waals surface area contributed by atoms with Crippen molar-refractivity contribution in [3.63, 3.8) is 0 Å². The van der Waals surface area contributed by atoms with Crippen LogP contribution in [0.15, 0.2) is 0 Å². The lowest BCUT2D eigenvalue weighted by atomic mass is 10.0. The van der Waals surface area contributed by atoms with Crippen LogP contribution in [0.25, 0.3) is 0 Å². The van der Waals surface area contributed by atoms with E-state index in [4.69, 9.17) is 9.47 Å². The molecule has 1 N–H and O–H groups in total. The smallest absolute Gasteiger partial charge is 0.306 e. The van der Waals surface area contributed by atoms with Crippen LogP contribution in [0.4, 0.5) is 0 Å². The molecule has 0 heterocycles. The van der Waals surface area contributed by atoms with Gasteiger partial charge in [0.1, 0.15) is 6.10 Å². The van der Waals surface area contributed by atoms with Crippen molar-refractivity contribution in [1.29, 1.82) is 0 Å². The molecule has 1 atom stereocenters. The third-order valence-corrected chi connectivity index (χ3v) is 9.90. The molecule has 0 spiro atoms. The summed E-state index contributed by atoms with van der Waals surface area (Å²) in [6, 6.07) is 0. The van der Waals surface area contributed by atoms with Crippen LogP contribution in [0.3, 0.4) is 0 Å². The van der Waals surface area contributed by atoms with Crippen LogP contribution in [-0.4, -0.2) is 35.9 Å². The van der Waals surface area contributed by atoms with Crippen molar-refractivity contribution >= 4 is 11.9 Å². The van der Waals surface area contributed by atoms with Crippen LogP contribution in [0.5, 0.6) is 0 Å². The molecule has 0 aliphatic carbocycles. The molecule has 0 radical (unpaired) electrons. The molecule has 0 saturated carbocycles. The van der Waals surface area contributed by atoms with Crippen LogP contribution in [0, 0.1) is 0 Å². The molecule has 286 valence electrons. The van der Waals surface area contributed by atoms with Crippen molar-refractivity contribution in [1.82, 2.24) is 0 Å². The van der Waals surface area contributed by atoms with Crippen LogP contribution < -0.4 is 0 Å². The summed E-state index contributed by atoms with van der Waals surface area (Å²) in [6.07, 6.45) is 39.5. The Morgan fingerprint density at radius 2 is 0.750 bits per heavy atom. The van der Waals surface area contributed by atoms with Gasteiger partial charge in [-0.15, -0.1) is 0 Å². The second kappa shape index (κ2) is 38.7. The maximum atomic E-state index is 12.6. The lowest BCUT2D eigenvalue weighted by molar-refractivity contribution is -0.150. The number of carbonyl (C=O) groups is 2. The van der Waals surface area contributed by atoms with Gasteiger partial charge in [0.05, 0.1) is 12.7 Å². The van der Waals surface area contributed by atoms with Crippen molar-refractivity contribution in [2.75, 3.05) is 6.61 Å². The molecule has 0 aromatic carbocycles. The third kappa shape index (κ3) is 36.2. The highest BCUT2D eigenvalue weighted by Gasteiger charge is 2.14. The molecule has 5 heteroatoms. The summed E-state index contributed by atoms with van der Waals surface area (Å²) in [7, 11) is 0. The van der Waals surface area contributed by atoms with E-state index < -0.39 is 0 Å². The zero-order valence-electron chi connectivity index (χ0n) is 32.7. The Labute approximate surface area is 299 Å². The fraction of sp³-hybridized carbons (Fsp3) is 0.953. The van der Waals surface area contributed by atoms with E-state index in [0.29, 0.717) is 19.4 Å². The van der Waals surface area contributed by atoms with Gasteiger partial charge < -0.3 is 14.6 Å². The molecule has 0 aromatic heterocycles. The highest BCUT2D eigenvalue weighted by Crippen LogP contribution is 2.19. The van der Waals surface area contributed by atoms with E-state index in [9.17, 15) is 14.7 Å². The van der Waals surface area contributed by atoms with Crippen molar-refractivity contribution < 1.29 is 24.2 Å². The fourth-order valence-electron chi connectivity index (χ4n) is 6.63. The Balaban J connectivity index is 3.75. The van der Waals surface area contributed by atoms with Gasteiger partial charge in [0, 0.05) is 12.8 Å². The standard InChI is InChI=1S/C43H84O5/c1-4-7-10-13-16-25-32-39-47-42(45)37-30-23-17-19-26-33-40(44)34-27-20-18-24-31-38-43(46)48-41(35-28-21-14-11-8-5-2)36-29-22-15-12-9-6-3/h40-41,44H,4-39H2,1-3H3. The monoisotopic (exact) mass is 681 g/mol. The average molecular weight is 681 g/mol. The SMILES string of the molecule is CCCCCCCCCOC(=O)CCCCCCCC(O)CCCCCCCC(=O)OC(CCCCCCCC)CCCCCCCC. The van der Waals surface area contributed by atoms with E-state index in [-0.39, 0.29) is 24.1 Å². The van der Waals surface area contributed by atoms with E-state index >= 15 is 0 Å². The van der Waals surface area contributed by atoms with Gasteiger partial charge >= 0.3 is 11.9 Å². The summed E-state index contributed by atoms with van der Waals surface area (Å²) in [6.45, 7) is 7.34. The minimum absolute atomic E-state index is 0.00567. The van der Waals surface area contributed by atoms with Crippen molar-refractivity contribution in [3.8, 4) is 0 Å². The zero-order chi connectivity index (χ0) is 35.2. The Morgan fingerprint density at radius 1 is 0.417 bits per heavy atom. The summed E-state index contributed by atoms with van der Waals surface area (Å²) >= 11 is 0. The number of carbonyl (C=O) groups excluding carboxylic acids is 2. The number of aliphatic hydroxyl groups excluding tert-OH is 1. The molecule has 1 unspecified atom stereocenters. The zero-order valence-corrected chi connectivity index (χ0v) is 32.7. The lowest BCUT2D eigenvalue weighted by Crippen LogP contribution is -2.18. The van der Waals surface area contributed by atoms with Crippen LogP contribution in [0.2, 0.25) is 0 Å². The summed E-state index contributed by atoms with van der Waals surface area (Å²) in [5.74, 6) is -0.0336. The first-order valence-electron chi connectivity index (χ1n) is 21.6. The van der Waals surface area contributed by atoms with Crippen LogP contribution in [0.1, 0.15) is 245 Å². The number of aliphatic hydroxyl groups is 1. The number of hydrogen-bond acceptors (Lipinski definition) is 5. The lowest BCUT2D eigenvalue weighted by Gasteiger charge is -2.18. The van der Waals surface area contributed by atoms with Crippen molar-refractivity contribution in [2.24, 2.45) is 0 Å². The number of esters is 2. The predicted molar refractivity (Wildman–Crippen MR) is 205 cm³/mol.